The van der Waals surface area contributed by atoms with Gasteiger partial charge in [-0.15, -0.1) is 0 Å². The topological polar surface area (TPSA) is 115 Å². The third-order valence-corrected chi connectivity index (χ3v) is 7.25. The minimum atomic E-state index is -4.56. The van der Waals surface area contributed by atoms with E-state index in [1.807, 2.05) is 12.1 Å². The lowest BCUT2D eigenvalue weighted by molar-refractivity contribution is -0.137. The predicted molar refractivity (Wildman–Crippen MR) is 150 cm³/mol. The van der Waals surface area contributed by atoms with Gasteiger partial charge in [0.1, 0.15) is 0 Å². The summed E-state index contributed by atoms with van der Waals surface area (Å²) in [6.45, 7) is 9.37. The number of aromatic amines is 2. The second-order valence-electron chi connectivity index (χ2n) is 9.73. The Morgan fingerprint density at radius 1 is 0.951 bits per heavy atom. The van der Waals surface area contributed by atoms with Crippen LogP contribution >= 0.6 is 0 Å². The molecule has 1 aliphatic heterocycles. The van der Waals surface area contributed by atoms with Crippen molar-refractivity contribution in [1.82, 2.24) is 19.9 Å². The van der Waals surface area contributed by atoms with Crippen LogP contribution in [-0.2, 0) is 6.18 Å². The molecular weight excluding hydrogens is 535 g/mol. The standard InChI is InChI=1S/C29H22F3N7O2/c1-34-18-4-6-19(7-5-18)38-10-12-39(13-11-38)28(41)16-2-8-21-20(14-16)24(33)25(35-21)26-27(40)37-22-9-3-17(29(30,31)32)15-23(22)36-26/h2-9,14-15,35H,10-13,33H2,(H,37,40). The Morgan fingerprint density at radius 2 is 1.66 bits per heavy atom. The van der Waals surface area contributed by atoms with Gasteiger partial charge in [-0.25, -0.2) is 9.83 Å². The quantitative estimate of drug-likeness (QED) is 0.264. The number of halogens is 3. The molecule has 5 aromatic rings. The first-order valence-electron chi connectivity index (χ1n) is 12.7. The lowest BCUT2D eigenvalue weighted by Crippen LogP contribution is -2.48. The predicted octanol–water partition coefficient (Wildman–Crippen LogP) is 5.19. The minimum absolute atomic E-state index is 0.0372. The Hall–Kier alpha value is -5.31. The van der Waals surface area contributed by atoms with E-state index >= 15 is 0 Å². The molecule has 3 aromatic carbocycles. The Bertz CT molecular complexity index is 1910. The zero-order valence-corrected chi connectivity index (χ0v) is 21.4. The van der Waals surface area contributed by atoms with Crippen LogP contribution < -0.4 is 16.2 Å². The number of rotatable bonds is 3. The molecule has 2 aromatic heterocycles. The molecule has 0 radical (unpaired) electrons. The summed E-state index contributed by atoms with van der Waals surface area (Å²) in [5, 5.41) is 0.495. The molecule has 3 heterocycles. The van der Waals surface area contributed by atoms with E-state index in [0.717, 1.165) is 23.9 Å². The van der Waals surface area contributed by atoms with Crippen molar-refractivity contribution >= 4 is 44.9 Å². The Balaban J connectivity index is 1.26. The molecule has 0 bridgehead atoms. The highest BCUT2D eigenvalue weighted by Gasteiger charge is 2.31. The van der Waals surface area contributed by atoms with Crippen molar-refractivity contribution in [2.75, 3.05) is 36.8 Å². The SMILES string of the molecule is [C-]#[N+]c1ccc(N2CCN(C(=O)c3ccc4[nH]c(-c5nc6cc(C(F)(F)F)ccc6[nH]c5=O)c(N)c4c3)CC2)cc1. The Morgan fingerprint density at radius 3 is 2.34 bits per heavy atom. The summed E-state index contributed by atoms with van der Waals surface area (Å²) in [5.74, 6) is -0.168. The lowest BCUT2D eigenvalue weighted by atomic mass is 10.1. The van der Waals surface area contributed by atoms with E-state index in [0.29, 0.717) is 48.3 Å². The largest absolute Gasteiger partial charge is 0.416 e. The molecule has 0 atom stereocenters. The first-order chi connectivity index (χ1) is 19.6. The van der Waals surface area contributed by atoms with E-state index in [-0.39, 0.29) is 34.0 Å². The van der Waals surface area contributed by atoms with Crippen LogP contribution in [0.15, 0.2) is 65.5 Å². The maximum Gasteiger partial charge on any atom is 0.416 e. The second-order valence-corrected chi connectivity index (χ2v) is 9.73. The number of amides is 1. The third kappa shape index (κ3) is 4.71. The fourth-order valence-corrected chi connectivity index (χ4v) is 5.05. The highest BCUT2D eigenvalue weighted by Crippen LogP contribution is 2.33. The van der Waals surface area contributed by atoms with E-state index in [2.05, 4.69) is 24.7 Å². The van der Waals surface area contributed by atoms with Gasteiger partial charge in [0.2, 0.25) is 0 Å². The normalized spacial score (nSPS) is 14.0. The fourth-order valence-electron chi connectivity index (χ4n) is 5.05. The molecule has 1 saturated heterocycles. The van der Waals surface area contributed by atoms with Crippen molar-refractivity contribution in [2.24, 2.45) is 0 Å². The zero-order chi connectivity index (χ0) is 28.9. The molecule has 206 valence electrons. The monoisotopic (exact) mass is 557 g/mol. The molecule has 1 amide bonds. The van der Waals surface area contributed by atoms with Crippen LogP contribution in [0.2, 0.25) is 0 Å². The van der Waals surface area contributed by atoms with Gasteiger partial charge in [-0.05, 0) is 48.5 Å². The molecule has 12 heteroatoms. The molecule has 0 unspecified atom stereocenters. The number of benzene rings is 3. The number of nitrogens with two attached hydrogens (primary N) is 1. The van der Waals surface area contributed by atoms with Crippen LogP contribution in [0.5, 0.6) is 0 Å². The first kappa shape index (κ1) is 25.9. The number of nitrogens with one attached hydrogen (secondary N) is 2. The highest BCUT2D eigenvalue weighted by atomic mass is 19.4. The van der Waals surface area contributed by atoms with Gasteiger partial charge in [-0.1, -0.05) is 12.1 Å². The maximum absolute atomic E-state index is 13.3. The molecule has 0 spiro atoms. The summed E-state index contributed by atoms with van der Waals surface area (Å²) in [4.78, 5) is 43.2. The molecule has 0 saturated carbocycles. The summed E-state index contributed by atoms with van der Waals surface area (Å²) in [6.07, 6.45) is -4.56. The third-order valence-electron chi connectivity index (χ3n) is 7.25. The van der Waals surface area contributed by atoms with E-state index in [4.69, 9.17) is 12.3 Å². The number of aromatic nitrogens is 3. The van der Waals surface area contributed by atoms with Crippen molar-refractivity contribution in [3.63, 3.8) is 0 Å². The van der Waals surface area contributed by atoms with Crippen molar-refractivity contribution in [1.29, 1.82) is 0 Å². The van der Waals surface area contributed by atoms with Gasteiger partial charge in [0.15, 0.2) is 11.4 Å². The van der Waals surface area contributed by atoms with Gasteiger partial charge in [0.05, 0.1) is 34.6 Å². The molecular formula is C29H22F3N7O2. The number of piperazine rings is 1. The number of nitrogen functional groups attached to an aromatic ring is 1. The fraction of sp³-hybridized carbons (Fsp3) is 0.172. The number of carbonyl (C=O) groups excluding carboxylic acids is 1. The maximum atomic E-state index is 13.3. The van der Waals surface area contributed by atoms with Crippen molar-refractivity contribution in [3.8, 4) is 11.4 Å². The van der Waals surface area contributed by atoms with E-state index in [9.17, 15) is 22.8 Å². The molecule has 0 aliphatic carbocycles. The molecule has 1 fully saturated rings. The average molecular weight is 558 g/mol. The van der Waals surface area contributed by atoms with Crippen molar-refractivity contribution < 1.29 is 18.0 Å². The van der Waals surface area contributed by atoms with E-state index in [1.165, 1.54) is 0 Å². The van der Waals surface area contributed by atoms with Crippen LogP contribution in [-0.4, -0.2) is 51.9 Å². The number of carbonyl (C=O) groups is 1. The van der Waals surface area contributed by atoms with Gasteiger partial charge in [-0.2, -0.15) is 13.2 Å². The number of anilines is 2. The highest BCUT2D eigenvalue weighted by molar-refractivity contribution is 6.04. The van der Waals surface area contributed by atoms with Crippen molar-refractivity contribution in [3.05, 3.63) is 93.6 Å². The molecule has 9 nitrogen and oxygen atoms in total. The van der Waals surface area contributed by atoms with Crippen LogP contribution in [0.3, 0.4) is 0 Å². The average Bonchev–Trinajstić information content (AvgIpc) is 3.31. The number of fused-ring (bicyclic) bond motifs is 2. The van der Waals surface area contributed by atoms with Crippen LogP contribution in [0.1, 0.15) is 15.9 Å². The smallest absolute Gasteiger partial charge is 0.396 e. The minimum Gasteiger partial charge on any atom is -0.396 e. The van der Waals surface area contributed by atoms with Crippen LogP contribution in [0, 0.1) is 6.57 Å². The summed E-state index contributed by atoms with van der Waals surface area (Å²) in [7, 11) is 0. The number of H-pyrrole nitrogens is 2. The summed E-state index contributed by atoms with van der Waals surface area (Å²) in [5.41, 5.74) is 7.69. The van der Waals surface area contributed by atoms with E-state index < -0.39 is 17.3 Å². The molecule has 41 heavy (non-hydrogen) atoms. The van der Waals surface area contributed by atoms with E-state index in [1.54, 1.807) is 35.2 Å². The summed E-state index contributed by atoms with van der Waals surface area (Å²) >= 11 is 0. The van der Waals surface area contributed by atoms with Crippen molar-refractivity contribution in [2.45, 2.75) is 6.18 Å². The Labute approximate surface area is 230 Å². The number of nitrogens with zero attached hydrogens (tertiary/aromatic N) is 4. The van der Waals surface area contributed by atoms with Gasteiger partial charge >= 0.3 is 6.18 Å². The summed E-state index contributed by atoms with van der Waals surface area (Å²) < 4.78 is 39.6. The molecule has 1 aliphatic rings. The zero-order valence-electron chi connectivity index (χ0n) is 21.4. The second kappa shape index (κ2) is 9.71. The first-order valence-corrected chi connectivity index (χ1v) is 12.7. The van der Waals surface area contributed by atoms with Crippen LogP contribution in [0.25, 0.3) is 38.2 Å². The number of alkyl halides is 3. The summed E-state index contributed by atoms with van der Waals surface area (Å²) in [6, 6.07) is 15.2. The number of hydrogen-bond donors (Lipinski definition) is 3. The van der Waals surface area contributed by atoms with Gasteiger partial charge in [0, 0.05) is 48.3 Å². The van der Waals surface area contributed by atoms with Gasteiger partial charge in [0.25, 0.3) is 11.5 Å². The van der Waals surface area contributed by atoms with Crippen LogP contribution in [0.4, 0.5) is 30.2 Å². The Kier molecular flexibility index (Phi) is 6.14. The molecule has 4 N–H and O–H groups in total. The van der Waals surface area contributed by atoms with Gasteiger partial charge < -0.3 is 25.5 Å². The van der Waals surface area contributed by atoms with Gasteiger partial charge in [-0.3, -0.25) is 9.59 Å². The lowest BCUT2D eigenvalue weighted by Gasteiger charge is -2.36. The molecule has 6 rings (SSSR count). The number of hydrogen-bond acceptors (Lipinski definition) is 5.